The highest BCUT2D eigenvalue weighted by atomic mass is 32.2. The molecule has 0 aliphatic heterocycles. The van der Waals surface area contributed by atoms with E-state index < -0.39 is 10.0 Å². The van der Waals surface area contributed by atoms with Gasteiger partial charge >= 0.3 is 0 Å². The third kappa shape index (κ3) is 3.71. The highest BCUT2D eigenvalue weighted by Gasteiger charge is 2.10. The molecule has 1 aromatic carbocycles. The van der Waals surface area contributed by atoms with Crippen LogP contribution in [0.1, 0.15) is 22.3 Å². The van der Waals surface area contributed by atoms with Crippen LogP contribution in [0.4, 0.5) is 0 Å². The van der Waals surface area contributed by atoms with Crippen molar-refractivity contribution in [3.8, 4) is 5.75 Å². The molecule has 0 aromatic heterocycles. The molecule has 0 amide bonds. The van der Waals surface area contributed by atoms with Crippen LogP contribution in [0.15, 0.2) is 6.07 Å². The molecule has 0 atom stereocenters. The van der Waals surface area contributed by atoms with Crippen LogP contribution in [0.5, 0.6) is 5.75 Å². The van der Waals surface area contributed by atoms with Crippen molar-refractivity contribution in [1.82, 2.24) is 4.72 Å². The van der Waals surface area contributed by atoms with Gasteiger partial charge in [-0.25, -0.2) is 13.1 Å². The monoisotopic (exact) mass is 271 g/mol. The maximum atomic E-state index is 11.0. The van der Waals surface area contributed by atoms with Crippen molar-refractivity contribution in [3.05, 3.63) is 28.3 Å². The predicted octanol–water partition coefficient (Wildman–Crippen LogP) is 1.71. The van der Waals surface area contributed by atoms with Gasteiger partial charge in [-0.3, -0.25) is 0 Å². The fourth-order valence-electron chi connectivity index (χ4n) is 2.09. The van der Waals surface area contributed by atoms with Crippen molar-refractivity contribution in [2.75, 3.05) is 19.9 Å². The molecule has 1 aromatic rings. The van der Waals surface area contributed by atoms with Gasteiger partial charge in [-0.1, -0.05) is 6.07 Å². The topological polar surface area (TPSA) is 55.4 Å². The van der Waals surface area contributed by atoms with Gasteiger partial charge in [0.2, 0.25) is 10.0 Å². The smallest absolute Gasteiger partial charge is 0.208 e. The van der Waals surface area contributed by atoms with E-state index in [0.717, 1.165) is 28.0 Å². The van der Waals surface area contributed by atoms with Crippen LogP contribution in [-0.2, 0) is 16.4 Å². The Bertz CT molecular complexity index is 536. The molecule has 0 spiro atoms. The van der Waals surface area contributed by atoms with E-state index in [1.165, 1.54) is 6.26 Å². The number of sulfonamides is 1. The first-order valence-electron chi connectivity index (χ1n) is 5.84. The lowest BCUT2D eigenvalue weighted by Crippen LogP contribution is -2.24. The molecular weight excluding hydrogens is 250 g/mol. The van der Waals surface area contributed by atoms with Crippen molar-refractivity contribution in [2.45, 2.75) is 27.2 Å². The third-order valence-corrected chi connectivity index (χ3v) is 3.82. The second kappa shape index (κ2) is 5.71. The zero-order valence-electron chi connectivity index (χ0n) is 11.6. The van der Waals surface area contributed by atoms with Gasteiger partial charge in [0.05, 0.1) is 13.4 Å². The number of nitrogens with one attached hydrogen (secondary N) is 1. The Morgan fingerprint density at radius 3 is 2.33 bits per heavy atom. The number of aryl methyl sites for hydroxylation is 1. The second-order valence-electron chi connectivity index (χ2n) is 4.55. The molecule has 18 heavy (non-hydrogen) atoms. The van der Waals surface area contributed by atoms with Crippen LogP contribution in [0.3, 0.4) is 0 Å². The fraction of sp³-hybridized carbons (Fsp3) is 0.538. The van der Waals surface area contributed by atoms with Gasteiger partial charge < -0.3 is 4.74 Å². The third-order valence-electron chi connectivity index (χ3n) is 3.10. The number of rotatable bonds is 5. The number of ether oxygens (including phenoxy) is 1. The summed E-state index contributed by atoms with van der Waals surface area (Å²) in [5.41, 5.74) is 4.51. The van der Waals surface area contributed by atoms with Gasteiger partial charge in [0, 0.05) is 6.54 Å². The Balaban J connectivity index is 2.91. The molecular formula is C13H21NO3S. The summed E-state index contributed by atoms with van der Waals surface area (Å²) in [5, 5.41) is 0. The Morgan fingerprint density at radius 1 is 1.22 bits per heavy atom. The summed E-state index contributed by atoms with van der Waals surface area (Å²) < 4.78 is 29.9. The first-order valence-corrected chi connectivity index (χ1v) is 7.73. The van der Waals surface area contributed by atoms with E-state index in [1.54, 1.807) is 7.11 Å². The first-order chi connectivity index (χ1) is 8.26. The number of hydrogen-bond acceptors (Lipinski definition) is 3. The van der Waals surface area contributed by atoms with Crippen LogP contribution in [0, 0.1) is 20.8 Å². The Morgan fingerprint density at radius 2 is 1.83 bits per heavy atom. The Labute approximate surface area is 109 Å². The molecule has 0 saturated heterocycles. The molecule has 0 aliphatic rings. The van der Waals surface area contributed by atoms with Crippen LogP contribution < -0.4 is 9.46 Å². The maximum Gasteiger partial charge on any atom is 0.208 e. The summed E-state index contributed by atoms with van der Waals surface area (Å²) in [6.07, 6.45) is 1.86. The van der Waals surface area contributed by atoms with Crippen LogP contribution in [-0.4, -0.2) is 28.3 Å². The number of hydrogen-bond donors (Lipinski definition) is 1. The van der Waals surface area contributed by atoms with Gasteiger partial charge in [0.25, 0.3) is 0 Å². The van der Waals surface area contributed by atoms with E-state index in [0.29, 0.717) is 13.0 Å². The lowest BCUT2D eigenvalue weighted by molar-refractivity contribution is 0.408. The predicted molar refractivity (Wildman–Crippen MR) is 73.8 cm³/mol. The highest BCUT2D eigenvalue weighted by molar-refractivity contribution is 7.88. The maximum absolute atomic E-state index is 11.0. The van der Waals surface area contributed by atoms with Crippen LogP contribution in [0.2, 0.25) is 0 Å². The first kappa shape index (κ1) is 15.0. The summed E-state index contributed by atoms with van der Waals surface area (Å²) in [7, 11) is -1.45. The molecule has 0 unspecified atom stereocenters. The minimum Gasteiger partial charge on any atom is -0.496 e. The molecule has 102 valence electrons. The lowest BCUT2D eigenvalue weighted by Gasteiger charge is -2.15. The van der Waals surface area contributed by atoms with E-state index in [2.05, 4.69) is 10.8 Å². The van der Waals surface area contributed by atoms with Crippen LogP contribution in [0.25, 0.3) is 0 Å². The zero-order valence-corrected chi connectivity index (χ0v) is 12.4. The summed E-state index contributed by atoms with van der Waals surface area (Å²) in [6, 6.07) is 2.06. The summed E-state index contributed by atoms with van der Waals surface area (Å²) in [5.74, 6) is 0.910. The summed E-state index contributed by atoms with van der Waals surface area (Å²) >= 11 is 0. The van der Waals surface area contributed by atoms with E-state index in [-0.39, 0.29) is 0 Å². The standard InChI is InChI=1S/C13H21NO3S/c1-9-8-12(6-7-14-18(5,15)16)10(2)11(3)13(9)17-4/h8,14H,6-7H2,1-5H3. The van der Waals surface area contributed by atoms with Gasteiger partial charge in [-0.15, -0.1) is 0 Å². The van der Waals surface area contributed by atoms with Crippen molar-refractivity contribution >= 4 is 10.0 Å². The van der Waals surface area contributed by atoms with Crippen molar-refractivity contribution in [3.63, 3.8) is 0 Å². The molecule has 4 nitrogen and oxygen atoms in total. The largest absolute Gasteiger partial charge is 0.496 e. The summed E-state index contributed by atoms with van der Waals surface area (Å²) in [4.78, 5) is 0. The van der Waals surface area contributed by atoms with Crippen molar-refractivity contribution in [2.24, 2.45) is 0 Å². The molecule has 0 saturated carbocycles. The highest BCUT2D eigenvalue weighted by Crippen LogP contribution is 2.28. The molecule has 5 heteroatoms. The summed E-state index contributed by atoms with van der Waals surface area (Å²) in [6.45, 7) is 6.48. The minimum atomic E-state index is -3.11. The average molecular weight is 271 g/mol. The molecule has 0 bridgehead atoms. The normalized spacial score (nSPS) is 11.6. The van der Waals surface area contributed by atoms with Gasteiger partial charge in [-0.05, 0) is 49.4 Å². The quantitative estimate of drug-likeness (QED) is 0.887. The lowest BCUT2D eigenvalue weighted by atomic mass is 9.97. The number of methoxy groups -OCH3 is 1. The van der Waals surface area contributed by atoms with Crippen molar-refractivity contribution < 1.29 is 13.2 Å². The van der Waals surface area contributed by atoms with E-state index in [1.807, 2.05) is 20.8 Å². The molecule has 0 radical (unpaired) electrons. The van der Waals surface area contributed by atoms with Gasteiger partial charge in [0.15, 0.2) is 0 Å². The molecule has 0 aliphatic carbocycles. The molecule has 1 rings (SSSR count). The minimum absolute atomic E-state index is 0.422. The molecule has 0 heterocycles. The van der Waals surface area contributed by atoms with Crippen LogP contribution >= 0.6 is 0 Å². The molecule has 0 fully saturated rings. The van der Waals surface area contributed by atoms with E-state index >= 15 is 0 Å². The Kier molecular flexibility index (Phi) is 4.76. The molecule has 1 N–H and O–H groups in total. The van der Waals surface area contributed by atoms with E-state index in [4.69, 9.17) is 4.74 Å². The second-order valence-corrected chi connectivity index (χ2v) is 6.39. The fourth-order valence-corrected chi connectivity index (χ4v) is 2.56. The SMILES string of the molecule is COc1c(C)cc(CCNS(C)(=O)=O)c(C)c1C. The zero-order chi connectivity index (χ0) is 13.9. The average Bonchev–Trinajstić information content (AvgIpc) is 2.24. The number of benzene rings is 1. The van der Waals surface area contributed by atoms with E-state index in [9.17, 15) is 8.42 Å². The van der Waals surface area contributed by atoms with Gasteiger partial charge in [-0.2, -0.15) is 0 Å². The van der Waals surface area contributed by atoms with Crippen molar-refractivity contribution in [1.29, 1.82) is 0 Å². The Hall–Kier alpha value is -1.07. The van der Waals surface area contributed by atoms with Gasteiger partial charge in [0.1, 0.15) is 5.75 Å².